The zero-order valence-electron chi connectivity index (χ0n) is 11.6. The summed E-state index contributed by atoms with van der Waals surface area (Å²) >= 11 is 5.10. The Labute approximate surface area is 126 Å². The third-order valence-electron chi connectivity index (χ3n) is 2.94. The van der Waals surface area contributed by atoms with E-state index in [2.05, 4.69) is 47.9 Å². The summed E-state index contributed by atoms with van der Waals surface area (Å²) in [6, 6.07) is 2.06. The third kappa shape index (κ3) is 3.46. The summed E-state index contributed by atoms with van der Waals surface area (Å²) < 4.78 is 2.85. The number of hydrogen-bond acceptors (Lipinski definition) is 3. The van der Waals surface area contributed by atoms with Crippen molar-refractivity contribution in [1.82, 2.24) is 9.78 Å². The van der Waals surface area contributed by atoms with Crippen LogP contribution in [0.1, 0.15) is 43.0 Å². The molecule has 0 aliphatic carbocycles. The molecule has 0 amide bonds. The highest BCUT2D eigenvalue weighted by Crippen LogP contribution is 2.31. The van der Waals surface area contributed by atoms with Gasteiger partial charge in [0.25, 0.3) is 0 Å². The van der Waals surface area contributed by atoms with Gasteiger partial charge in [0.15, 0.2) is 0 Å². The number of aliphatic hydroxyl groups excluding tert-OH is 1. The van der Waals surface area contributed by atoms with Crippen LogP contribution in [-0.2, 0) is 18.9 Å². The molecule has 104 valence electrons. The molecule has 0 bridgehead atoms. The fourth-order valence-electron chi connectivity index (χ4n) is 2.10. The minimum atomic E-state index is -0.506. The van der Waals surface area contributed by atoms with E-state index in [9.17, 15) is 5.11 Å². The van der Waals surface area contributed by atoms with Gasteiger partial charge < -0.3 is 5.11 Å². The lowest BCUT2D eigenvalue weighted by atomic mass is 9.87. The monoisotopic (exact) mass is 342 g/mol. The van der Waals surface area contributed by atoms with E-state index in [1.807, 2.05) is 18.6 Å². The summed E-state index contributed by atoms with van der Waals surface area (Å²) in [6.45, 7) is 6.36. The molecule has 19 heavy (non-hydrogen) atoms. The van der Waals surface area contributed by atoms with Crippen LogP contribution < -0.4 is 0 Å². The highest BCUT2D eigenvalue weighted by molar-refractivity contribution is 9.10. The predicted octanol–water partition coefficient (Wildman–Crippen LogP) is 3.82. The molecule has 0 radical (unpaired) electrons. The molecule has 2 aromatic rings. The first-order chi connectivity index (χ1) is 8.77. The fraction of sp³-hybridized carbons (Fsp3) is 0.500. The van der Waals surface area contributed by atoms with Gasteiger partial charge in [-0.25, -0.2) is 0 Å². The van der Waals surface area contributed by atoms with E-state index in [0.717, 1.165) is 15.7 Å². The number of thiophene rings is 1. The molecule has 0 saturated carbocycles. The van der Waals surface area contributed by atoms with E-state index in [1.165, 1.54) is 4.88 Å². The van der Waals surface area contributed by atoms with E-state index in [4.69, 9.17) is 0 Å². The second kappa shape index (κ2) is 5.38. The second-order valence-electron chi connectivity index (χ2n) is 5.81. The molecule has 0 saturated heterocycles. The van der Waals surface area contributed by atoms with Crippen molar-refractivity contribution in [3.8, 4) is 0 Å². The molecule has 1 N–H and O–H groups in total. The molecule has 5 heteroatoms. The van der Waals surface area contributed by atoms with Gasteiger partial charge in [0, 0.05) is 45.4 Å². The summed E-state index contributed by atoms with van der Waals surface area (Å²) in [6.07, 6.45) is 2.05. The van der Waals surface area contributed by atoms with Crippen molar-refractivity contribution < 1.29 is 5.11 Å². The molecular formula is C14H19BrN2OS. The van der Waals surface area contributed by atoms with Crippen molar-refractivity contribution in [3.63, 3.8) is 0 Å². The lowest BCUT2D eigenvalue weighted by Crippen LogP contribution is -2.16. The van der Waals surface area contributed by atoms with Gasteiger partial charge in [-0.1, -0.05) is 20.8 Å². The number of aliphatic hydroxyl groups is 1. The Morgan fingerprint density at radius 3 is 2.68 bits per heavy atom. The minimum Gasteiger partial charge on any atom is -0.388 e. The smallest absolute Gasteiger partial charge is 0.0871 e. The molecule has 2 rings (SSSR count). The van der Waals surface area contributed by atoms with Crippen molar-refractivity contribution in [1.29, 1.82) is 0 Å². The zero-order valence-corrected chi connectivity index (χ0v) is 14.0. The van der Waals surface area contributed by atoms with Crippen LogP contribution in [0.15, 0.2) is 22.1 Å². The van der Waals surface area contributed by atoms with Gasteiger partial charge >= 0.3 is 0 Å². The Bertz CT molecular complexity index is 568. The van der Waals surface area contributed by atoms with Crippen LogP contribution in [0, 0.1) is 0 Å². The summed E-state index contributed by atoms with van der Waals surface area (Å²) in [4.78, 5) is 1.17. The van der Waals surface area contributed by atoms with Gasteiger partial charge in [0.1, 0.15) is 0 Å². The van der Waals surface area contributed by atoms with E-state index in [-0.39, 0.29) is 5.41 Å². The molecule has 0 fully saturated rings. The first kappa shape index (κ1) is 14.8. The molecule has 0 aromatic carbocycles. The van der Waals surface area contributed by atoms with Gasteiger partial charge in [0.05, 0.1) is 11.8 Å². The van der Waals surface area contributed by atoms with Crippen molar-refractivity contribution in [3.05, 3.63) is 38.3 Å². The number of halogens is 1. The largest absolute Gasteiger partial charge is 0.388 e. The van der Waals surface area contributed by atoms with Crippen LogP contribution in [0.25, 0.3) is 0 Å². The average Bonchev–Trinajstić information content (AvgIpc) is 2.84. The predicted molar refractivity (Wildman–Crippen MR) is 82.6 cm³/mol. The Hall–Kier alpha value is -0.650. The Morgan fingerprint density at radius 2 is 2.16 bits per heavy atom. The van der Waals surface area contributed by atoms with Gasteiger partial charge in [-0.3, -0.25) is 4.68 Å². The van der Waals surface area contributed by atoms with Crippen LogP contribution in [0.4, 0.5) is 0 Å². The van der Waals surface area contributed by atoms with Crippen molar-refractivity contribution in [2.24, 2.45) is 7.05 Å². The van der Waals surface area contributed by atoms with Crippen LogP contribution in [0.5, 0.6) is 0 Å². The first-order valence-electron chi connectivity index (χ1n) is 6.22. The minimum absolute atomic E-state index is 0.0619. The topological polar surface area (TPSA) is 38.0 Å². The van der Waals surface area contributed by atoms with Crippen LogP contribution in [-0.4, -0.2) is 14.9 Å². The third-order valence-corrected chi connectivity index (χ3v) is 4.66. The van der Waals surface area contributed by atoms with Crippen LogP contribution in [0.2, 0.25) is 0 Å². The number of aryl methyl sites for hydroxylation is 1. The van der Waals surface area contributed by atoms with Crippen molar-refractivity contribution in [2.45, 2.75) is 38.7 Å². The maximum absolute atomic E-state index is 10.5. The average molecular weight is 343 g/mol. The van der Waals surface area contributed by atoms with E-state index in [0.29, 0.717) is 6.42 Å². The standard InChI is InChI=1S/C14H19BrN2OS/c1-14(2,3)13-11(7-17(4)16-13)12(18)6-10-5-9(15)8-19-10/h5,7-8,12,18H,6H2,1-4H3. The Balaban J connectivity index is 2.26. The Kier molecular flexibility index (Phi) is 4.18. The summed E-state index contributed by atoms with van der Waals surface area (Å²) in [7, 11) is 1.90. The maximum Gasteiger partial charge on any atom is 0.0871 e. The number of aromatic nitrogens is 2. The zero-order chi connectivity index (χ0) is 14.2. The number of rotatable bonds is 3. The van der Waals surface area contributed by atoms with Gasteiger partial charge in [-0.2, -0.15) is 5.10 Å². The Morgan fingerprint density at radius 1 is 1.47 bits per heavy atom. The summed E-state index contributed by atoms with van der Waals surface area (Å²) in [5.41, 5.74) is 1.84. The molecule has 1 atom stereocenters. The highest BCUT2D eigenvalue weighted by atomic mass is 79.9. The number of nitrogens with zero attached hydrogens (tertiary/aromatic N) is 2. The molecular weight excluding hydrogens is 324 g/mol. The molecule has 1 unspecified atom stereocenters. The molecule has 3 nitrogen and oxygen atoms in total. The van der Waals surface area contributed by atoms with Crippen LogP contribution >= 0.6 is 27.3 Å². The van der Waals surface area contributed by atoms with Crippen LogP contribution in [0.3, 0.4) is 0 Å². The normalized spacial score (nSPS) is 13.8. The van der Waals surface area contributed by atoms with E-state index < -0.39 is 6.10 Å². The lowest BCUT2D eigenvalue weighted by Gasteiger charge is -2.19. The fourth-order valence-corrected chi connectivity index (χ4v) is 3.58. The molecule has 2 aromatic heterocycles. The van der Waals surface area contributed by atoms with Gasteiger partial charge in [-0.15, -0.1) is 11.3 Å². The van der Waals surface area contributed by atoms with Crippen molar-refractivity contribution in [2.75, 3.05) is 0 Å². The van der Waals surface area contributed by atoms with Crippen molar-refractivity contribution >= 4 is 27.3 Å². The van der Waals surface area contributed by atoms with E-state index >= 15 is 0 Å². The highest BCUT2D eigenvalue weighted by Gasteiger charge is 2.25. The first-order valence-corrected chi connectivity index (χ1v) is 7.89. The van der Waals surface area contributed by atoms with Gasteiger partial charge in [-0.05, 0) is 22.0 Å². The number of hydrogen-bond donors (Lipinski definition) is 1. The second-order valence-corrected chi connectivity index (χ2v) is 7.72. The van der Waals surface area contributed by atoms with E-state index in [1.54, 1.807) is 16.0 Å². The molecule has 0 spiro atoms. The lowest BCUT2D eigenvalue weighted by molar-refractivity contribution is 0.177. The molecule has 0 aliphatic rings. The summed E-state index contributed by atoms with van der Waals surface area (Å²) in [5, 5.41) is 17.0. The maximum atomic E-state index is 10.5. The summed E-state index contributed by atoms with van der Waals surface area (Å²) in [5.74, 6) is 0. The molecule has 2 heterocycles. The SMILES string of the molecule is Cn1cc(C(O)Cc2cc(Br)cs2)c(C(C)(C)C)n1. The quantitative estimate of drug-likeness (QED) is 0.920. The van der Waals surface area contributed by atoms with Gasteiger partial charge in [0.2, 0.25) is 0 Å². The molecule has 0 aliphatic heterocycles.